The summed E-state index contributed by atoms with van der Waals surface area (Å²) in [4.78, 5) is 7.01. The summed E-state index contributed by atoms with van der Waals surface area (Å²) in [5.41, 5.74) is 1.20. The third-order valence-electron chi connectivity index (χ3n) is 4.46. The first kappa shape index (κ1) is 21.5. The third kappa shape index (κ3) is 7.77. The maximum Gasteiger partial charge on any atom is 0.191 e. The van der Waals surface area contributed by atoms with E-state index in [1.165, 1.54) is 5.56 Å². The minimum atomic E-state index is 0.150. The van der Waals surface area contributed by atoms with Gasteiger partial charge in [0.25, 0.3) is 0 Å². The molecule has 2 rings (SSSR count). The second-order valence-electron chi connectivity index (χ2n) is 7.61. The van der Waals surface area contributed by atoms with Gasteiger partial charge >= 0.3 is 0 Å². The Labute approximate surface area is 164 Å². The summed E-state index contributed by atoms with van der Waals surface area (Å²) < 4.78 is 11.6. The number of aliphatic imine (C=N–C) groups is 1. The maximum atomic E-state index is 5.80. The van der Waals surface area contributed by atoms with Gasteiger partial charge < -0.3 is 25.0 Å². The van der Waals surface area contributed by atoms with E-state index in [4.69, 9.17) is 14.5 Å². The average molecular weight is 377 g/mol. The van der Waals surface area contributed by atoms with Crippen molar-refractivity contribution in [3.8, 4) is 5.75 Å². The van der Waals surface area contributed by atoms with E-state index in [-0.39, 0.29) is 12.1 Å². The topological polar surface area (TPSA) is 58.1 Å². The van der Waals surface area contributed by atoms with Crippen LogP contribution < -0.4 is 15.4 Å². The van der Waals surface area contributed by atoms with E-state index < -0.39 is 0 Å². The fourth-order valence-corrected chi connectivity index (χ4v) is 2.89. The number of likely N-dealkylation sites (N-methyl/N-ethyl adjacent to an activating group) is 1. The highest BCUT2D eigenvalue weighted by Gasteiger charge is 2.17. The molecule has 1 aromatic rings. The van der Waals surface area contributed by atoms with Crippen molar-refractivity contribution >= 4 is 5.96 Å². The lowest BCUT2D eigenvalue weighted by molar-refractivity contribution is -0.0136. The SMILES string of the molecule is CCNC(=NCC1CN(C)CCO1)NC(C)c1ccc(OCC(C)C)cc1. The zero-order valence-electron chi connectivity index (χ0n) is 17.5. The molecule has 2 N–H and O–H groups in total. The lowest BCUT2D eigenvalue weighted by atomic mass is 10.1. The van der Waals surface area contributed by atoms with E-state index in [1.54, 1.807) is 0 Å². The van der Waals surface area contributed by atoms with Crippen LogP contribution in [-0.4, -0.2) is 63.4 Å². The van der Waals surface area contributed by atoms with Crippen LogP contribution in [0.3, 0.4) is 0 Å². The van der Waals surface area contributed by atoms with Crippen molar-refractivity contribution in [3.63, 3.8) is 0 Å². The van der Waals surface area contributed by atoms with Gasteiger partial charge in [0.1, 0.15) is 5.75 Å². The summed E-state index contributed by atoms with van der Waals surface area (Å²) in [6.07, 6.45) is 0.159. The van der Waals surface area contributed by atoms with E-state index in [1.807, 2.05) is 12.1 Å². The summed E-state index contributed by atoms with van der Waals surface area (Å²) in [5, 5.41) is 6.81. The monoisotopic (exact) mass is 376 g/mol. The number of morpholine rings is 1. The van der Waals surface area contributed by atoms with Crippen molar-refractivity contribution in [2.75, 3.05) is 46.4 Å². The van der Waals surface area contributed by atoms with Gasteiger partial charge in [0, 0.05) is 19.6 Å². The molecule has 0 aromatic heterocycles. The predicted molar refractivity (Wildman–Crippen MR) is 112 cm³/mol. The van der Waals surface area contributed by atoms with Crippen LogP contribution in [0.25, 0.3) is 0 Å². The van der Waals surface area contributed by atoms with E-state index >= 15 is 0 Å². The molecule has 1 heterocycles. The lowest BCUT2D eigenvalue weighted by Gasteiger charge is -2.29. The molecule has 0 bridgehead atoms. The summed E-state index contributed by atoms with van der Waals surface area (Å²) in [6.45, 7) is 13.4. The van der Waals surface area contributed by atoms with E-state index in [0.717, 1.165) is 44.6 Å². The average Bonchev–Trinajstić information content (AvgIpc) is 2.65. The molecular weight excluding hydrogens is 340 g/mol. The van der Waals surface area contributed by atoms with Gasteiger partial charge in [-0.3, -0.25) is 4.99 Å². The molecule has 1 saturated heterocycles. The Morgan fingerprint density at radius 1 is 1.30 bits per heavy atom. The summed E-state index contributed by atoms with van der Waals surface area (Å²) in [7, 11) is 2.12. The quantitative estimate of drug-likeness (QED) is 0.540. The minimum absolute atomic E-state index is 0.150. The molecule has 152 valence electrons. The van der Waals surface area contributed by atoms with Crippen molar-refractivity contribution in [1.29, 1.82) is 0 Å². The molecule has 27 heavy (non-hydrogen) atoms. The number of guanidine groups is 1. The highest BCUT2D eigenvalue weighted by atomic mass is 16.5. The first-order chi connectivity index (χ1) is 13.0. The van der Waals surface area contributed by atoms with Crippen molar-refractivity contribution in [3.05, 3.63) is 29.8 Å². The molecule has 2 unspecified atom stereocenters. The molecule has 2 atom stereocenters. The van der Waals surface area contributed by atoms with Gasteiger partial charge in [-0.25, -0.2) is 0 Å². The van der Waals surface area contributed by atoms with Crippen molar-refractivity contribution < 1.29 is 9.47 Å². The number of ether oxygens (including phenoxy) is 2. The first-order valence-corrected chi connectivity index (χ1v) is 10.1. The molecule has 1 aliphatic rings. The predicted octanol–water partition coefficient (Wildman–Crippen LogP) is 2.67. The van der Waals surface area contributed by atoms with Crippen LogP contribution in [-0.2, 0) is 4.74 Å². The van der Waals surface area contributed by atoms with Crippen LogP contribution in [0.2, 0.25) is 0 Å². The molecule has 6 nitrogen and oxygen atoms in total. The van der Waals surface area contributed by atoms with Gasteiger partial charge in [0.2, 0.25) is 0 Å². The molecule has 1 aliphatic heterocycles. The van der Waals surface area contributed by atoms with E-state index in [9.17, 15) is 0 Å². The lowest BCUT2D eigenvalue weighted by Crippen LogP contribution is -2.43. The second kappa shape index (κ2) is 11.1. The molecule has 0 radical (unpaired) electrons. The molecule has 0 saturated carbocycles. The zero-order valence-corrected chi connectivity index (χ0v) is 17.5. The van der Waals surface area contributed by atoms with E-state index in [2.05, 4.69) is 62.4 Å². The Bertz CT molecular complexity index is 574. The van der Waals surface area contributed by atoms with E-state index in [0.29, 0.717) is 12.5 Å². The molecule has 6 heteroatoms. The molecule has 1 aromatic carbocycles. The minimum Gasteiger partial charge on any atom is -0.493 e. The molecule has 0 spiro atoms. The van der Waals surface area contributed by atoms with Crippen molar-refractivity contribution in [2.45, 2.75) is 39.8 Å². The number of hydrogen-bond acceptors (Lipinski definition) is 4. The summed E-state index contributed by atoms with van der Waals surface area (Å²) in [5.74, 6) is 2.26. The van der Waals surface area contributed by atoms with Gasteiger partial charge in [0.15, 0.2) is 5.96 Å². The molecule has 1 fully saturated rings. The van der Waals surface area contributed by atoms with Gasteiger partial charge in [-0.15, -0.1) is 0 Å². The van der Waals surface area contributed by atoms with Crippen molar-refractivity contribution in [1.82, 2.24) is 15.5 Å². The van der Waals surface area contributed by atoms with Crippen LogP contribution in [0.5, 0.6) is 5.75 Å². The smallest absolute Gasteiger partial charge is 0.191 e. The Hall–Kier alpha value is -1.79. The number of benzene rings is 1. The molecular formula is C21H36N4O2. The largest absolute Gasteiger partial charge is 0.493 e. The Morgan fingerprint density at radius 3 is 2.67 bits per heavy atom. The highest BCUT2D eigenvalue weighted by Crippen LogP contribution is 2.18. The number of rotatable bonds is 8. The highest BCUT2D eigenvalue weighted by molar-refractivity contribution is 5.80. The third-order valence-corrected chi connectivity index (χ3v) is 4.46. The number of nitrogens with one attached hydrogen (secondary N) is 2. The Kier molecular flexibility index (Phi) is 8.88. The van der Waals surface area contributed by atoms with Gasteiger partial charge in [-0.2, -0.15) is 0 Å². The van der Waals surface area contributed by atoms with Crippen LogP contribution in [0.4, 0.5) is 0 Å². The Balaban J connectivity index is 1.91. The van der Waals surface area contributed by atoms with Crippen LogP contribution in [0.15, 0.2) is 29.3 Å². The summed E-state index contributed by atoms with van der Waals surface area (Å²) >= 11 is 0. The standard InChI is InChI=1S/C21H36N4O2/c1-6-22-21(23-13-20-14-25(5)11-12-26-20)24-17(4)18-7-9-19(10-8-18)27-15-16(2)3/h7-10,16-17,20H,6,11-15H2,1-5H3,(H2,22,23,24). The van der Waals surface area contributed by atoms with Crippen LogP contribution in [0, 0.1) is 5.92 Å². The second-order valence-corrected chi connectivity index (χ2v) is 7.61. The number of nitrogens with zero attached hydrogens (tertiary/aromatic N) is 2. The van der Waals surface area contributed by atoms with Crippen molar-refractivity contribution in [2.24, 2.45) is 10.9 Å². The Morgan fingerprint density at radius 2 is 2.04 bits per heavy atom. The van der Waals surface area contributed by atoms with Crippen LogP contribution >= 0.6 is 0 Å². The summed E-state index contributed by atoms with van der Waals surface area (Å²) in [6, 6.07) is 8.43. The molecule has 0 amide bonds. The maximum absolute atomic E-state index is 5.80. The zero-order chi connectivity index (χ0) is 19.6. The fraction of sp³-hybridized carbons (Fsp3) is 0.667. The van der Waals surface area contributed by atoms with Gasteiger partial charge in [-0.1, -0.05) is 26.0 Å². The normalized spacial score (nSPS) is 19.8. The van der Waals surface area contributed by atoms with Gasteiger partial charge in [0.05, 0.1) is 31.9 Å². The number of hydrogen-bond donors (Lipinski definition) is 2. The molecule has 0 aliphatic carbocycles. The van der Waals surface area contributed by atoms with Crippen LogP contribution in [0.1, 0.15) is 39.3 Å². The fourth-order valence-electron chi connectivity index (χ4n) is 2.89. The van der Waals surface area contributed by atoms with Gasteiger partial charge in [-0.05, 0) is 44.5 Å². The first-order valence-electron chi connectivity index (χ1n) is 10.1.